The van der Waals surface area contributed by atoms with E-state index in [0.29, 0.717) is 12.6 Å². The maximum Gasteiger partial charge on any atom is 0.332 e. The predicted molar refractivity (Wildman–Crippen MR) is 64.3 cm³/mol. The molecule has 0 radical (unpaired) electrons. The number of thioether (sulfide) groups is 1. The molecule has 0 saturated heterocycles. The number of carboxylic acids is 1. The van der Waals surface area contributed by atoms with Gasteiger partial charge in [-0.05, 0) is 25.5 Å². The van der Waals surface area contributed by atoms with E-state index in [2.05, 4.69) is 18.2 Å². The Kier molecular flexibility index (Phi) is 5.19. The van der Waals surface area contributed by atoms with Crippen molar-refractivity contribution in [2.45, 2.75) is 37.0 Å². The van der Waals surface area contributed by atoms with Crippen molar-refractivity contribution < 1.29 is 9.90 Å². The number of hydrogen-bond acceptors (Lipinski definition) is 3. The summed E-state index contributed by atoms with van der Waals surface area (Å²) in [5.74, 6) is -0.903. The van der Waals surface area contributed by atoms with Crippen LogP contribution in [0.2, 0.25) is 0 Å². The molecule has 86 valence electrons. The van der Waals surface area contributed by atoms with Gasteiger partial charge in [-0.3, -0.25) is 0 Å². The Hall–Kier alpha value is -0.480. The van der Waals surface area contributed by atoms with Crippen molar-refractivity contribution in [3.05, 3.63) is 12.2 Å². The fraction of sp³-hybridized carbons (Fsp3) is 0.727. The van der Waals surface area contributed by atoms with Gasteiger partial charge < -0.3 is 10.4 Å². The second-order valence-corrected chi connectivity index (χ2v) is 5.15. The molecule has 1 aliphatic carbocycles. The summed E-state index contributed by atoms with van der Waals surface area (Å²) in [6.45, 7) is 3.91. The third-order valence-electron chi connectivity index (χ3n) is 2.87. The highest BCUT2D eigenvalue weighted by Gasteiger charge is 2.21. The average Bonchev–Trinajstić information content (AvgIpc) is 2.26. The number of hydrogen-bond donors (Lipinski definition) is 2. The molecule has 3 nitrogen and oxygen atoms in total. The Morgan fingerprint density at radius 3 is 2.93 bits per heavy atom. The first-order valence-electron chi connectivity index (χ1n) is 5.30. The fourth-order valence-electron chi connectivity index (χ4n) is 1.89. The Morgan fingerprint density at radius 1 is 1.60 bits per heavy atom. The summed E-state index contributed by atoms with van der Waals surface area (Å²) in [5.41, 5.74) is 0.251. The van der Waals surface area contributed by atoms with Crippen LogP contribution in [0, 0.1) is 0 Å². The first kappa shape index (κ1) is 12.6. The van der Waals surface area contributed by atoms with Gasteiger partial charge in [-0.25, -0.2) is 4.79 Å². The number of nitrogens with one attached hydrogen (secondary N) is 1. The highest BCUT2D eigenvalue weighted by Crippen LogP contribution is 2.26. The van der Waals surface area contributed by atoms with Crippen LogP contribution < -0.4 is 5.32 Å². The zero-order chi connectivity index (χ0) is 11.3. The number of carboxylic acid groups (broad SMARTS) is 1. The van der Waals surface area contributed by atoms with Crippen molar-refractivity contribution in [2.75, 3.05) is 12.8 Å². The van der Waals surface area contributed by atoms with E-state index >= 15 is 0 Å². The Labute approximate surface area is 95.3 Å². The largest absolute Gasteiger partial charge is 0.478 e. The van der Waals surface area contributed by atoms with E-state index in [-0.39, 0.29) is 5.57 Å². The van der Waals surface area contributed by atoms with E-state index in [1.807, 2.05) is 11.8 Å². The molecule has 15 heavy (non-hydrogen) atoms. The minimum Gasteiger partial charge on any atom is -0.478 e. The average molecular weight is 229 g/mol. The summed E-state index contributed by atoms with van der Waals surface area (Å²) in [6.07, 6.45) is 6.98. The first-order valence-corrected chi connectivity index (χ1v) is 6.59. The molecule has 1 rings (SSSR count). The zero-order valence-corrected chi connectivity index (χ0v) is 9.98. The molecule has 0 amide bonds. The van der Waals surface area contributed by atoms with Gasteiger partial charge in [0.05, 0.1) is 0 Å². The van der Waals surface area contributed by atoms with E-state index in [1.165, 1.54) is 12.8 Å². The van der Waals surface area contributed by atoms with Crippen molar-refractivity contribution in [1.82, 2.24) is 5.32 Å². The molecule has 2 atom stereocenters. The quantitative estimate of drug-likeness (QED) is 0.707. The van der Waals surface area contributed by atoms with Crippen LogP contribution in [0.1, 0.15) is 25.7 Å². The van der Waals surface area contributed by atoms with Gasteiger partial charge in [-0.15, -0.1) is 0 Å². The van der Waals surface area contributed by atoms with Crippen LogP contribution in [-0.2, 0) is 4.79 Å². The van der Waals surface area contributed by atoms with E-state index in [9.17, 15) is 4.79 Å². The van der Waals surface area contributed by atoms with Crippen molar-refractivity contribution in [3.63, 3.8) is 0 Å². The number of rotatable bonds is 5. The maximum absolute atomic E-state index is 10.5. The van der Waals surface area contributed by atoms with Crippen LogP contribution in [0.25, 0.3) is 0 Å². The van der Waals surface area contributed by atoms with E-state index in [1.54, 1.807) is 0 Å². The van der Waals surface area contributed by atoms with Gasteiger partial charge in [0.25, 0.3) is 0 Å². The fourth-order valence-corrected chi connectivity index (χ4v) is 2.71. The molecule has 1 aliphatic rings. The Balaban J connectivity index is 2.26. The topological polar surface area (TPSA) is 49.3 Å². The van der Waals surface area contributed by atoms with Crippen LogP contribution in [0.5, 0.6) is 0 Å². The number of carbonyl (C=O) groups is 1. The van der Waals surface area contributed by atoms with Crippen LogP contribution in [0.4, 0.5) is 0 Å². The van der Waals surface area contributed by atoms with Gasteiger partial charge in [0.15, 0.2) is 0 Å². The molecule has 0 bridgehead atoms. The highest BCUT2D eigenvalue weighted by molar-refractivity contribution is 7.99. The summed E-state index contributed by atoms with van der Waals surface area (Å²) < 4.78 is 0. The van der Waals surface area contributed by atoms with Crippen LogP contribution >= 0.6 is 11.8 Å². The summed E-state index contributed by atoms with van der Waals surface area (Å²) in [7, 11) is 0. The summed E-state index contributed by atoms with van der Waals surface area (Å²) in [6, 6.07) is 0.465. The molecule has 4 heteroatoms. The SMILES string of the molecule is C=C(CNC1CCCC(SC)C1)C(=O)O. The van der Waals surface area contributed by atoms with Gasteiger partial charge in [0, 0.05) is 23.4 Å². The van der Waals surface area contributed by atoms with E-state index < -0.39 is 5.97 Å². The molecule has 1 saturated carbocycles. The van der Waals surface area contributed by atoms with Crippen LogP contribution in [-0.4, -0.2) is 35.2 Å². The second kappa shape index (κ2) is 6.18. The normalized spacial score (nSPS) is 26.2. The monoisotopic (exact) mass is 229 g/mol. The molecule has 2 unspecified atom stereocenters. The smallest absolute Gasteiger partial charge is 0.332 e. The highest BCUT2D eigenvalue weighted by atomic mass is 32.2. The van der Waals surface area contributed by atoms with E-state index in [0.717, 1.165) is 18.1 Å². The summed E-state index contributed by atoms with van der Waals surface area (Å²) in [5, 5.41) is 12.7. The third-order valence-corrected chi connectivity index (χ3v) is 3.96. The minimum atomic E-state index is -0.903. The molecule has 2 N–H and O–H groups in total. The van der Waals surface area contributed by atoms with Crippen molar-refractivity contribution >= 4 is 17.7 Å². The Morgan fingerprint density at radius 2 is 2.33 bits per heavy atom. The third kappa shape index (κ3) is 4.26. The lowest BCUT2D eigenvalue weighted by Gasteiger charge is -2.28. The van der Waals surface area contributed by atoms with Gasteiger partial charge in [-0.2, -0.15) is 11.8 Å². The predicted octanol–water partition coefficient (Wildman–Crippen LogP) is 1.89. The molecule has 0 heterocycles. The number of aliphatic carboxylic acids is 1. The lowest BCUT2D eigenvalue weighted by atomic mass is 9.95. The molecule has 0 aromatic carbocycles. The molecular formula is C11H19NO2S. The van der Waals surface area contributed by atoms with E-state index in [4.69, 9.17) is 5.11 Å². The van der Waals surface area contributed by atoms with Gasteiger partial charge in [-0.1, -0.05) is 13.0 Å². The van der Waals surface area contributed by atoms with Crippen LogP contribution in [0.15, 0.2) is 12.2 Å². The van der Waals surface area contributed by atoms with Gasteiger partial charge in [0.2, 0.25) is 0 Å². The lowest BCUT2D eigenvalue weighted by Crippen LogP contribution is -2.36. The first-order chi connectivity index (χ1) is 7.13. The molecule has 0 spiro atoms. The van der Waals surface area contributed by atoms with Crippen molar-refractivity contribution in [3.8, 4) is 0 Å². The van der Waals surface area contributed by atoms with Crippen molar-refractivity contribution in [1.29, 1.82) is 0 Å². The molecule has 0 aromatic heterocycles. The minimum absolute atomic E-state index is 0.251. The van der Waals surface area contributed by atoms with Gasteiger partial charge >= 0.3 is 5.97 Å². The standard InChI is InChI=1S/C11H19NO2S/c1-8(11(13)14)7-12-9-4-3-5-10(6-9)15-2/h9-10,12H,1,3-7H2,2H3,(H,13,14). The van der Waals surface area contributed by atoms with Crippen LogP contribution in [0.3, 0.4) is 0 Å². The van der Waals surface area contributed by atoms with Crippen molar-refractivity contribution in [2.24, 2.45) is 0 Å². The lowest BCUT2D eigenvalue weighted by molar-refractivity contribution is -0.132. The summed E-state index contributed by atoms with van der Waals surface area (Å²) >= 11 is 1.91. The maximum atomic E-state index is 10.5. The second-order valence-electron chi connectivity index (χ2n) is 4.01. The molecule has 0 aliphatic heterocycles. The molecular weight excluding hydrogens is 210 g/mol. The Bertz CT molecular complexity index is 243. The zero-order valence-electron chi connectivity index (χ0n) is 9.16. The van der Waals surface area contributed by atoms with Gasteiger partial charge in [0.1, 0.15) is 0 Å². The summed E-state index contributed by atoms with van der Waals surface area (Å²) in [4.78, 5) is 10.5. The molecule has 1 fully saturated rings. The molecule has 0 aromatic rings.